The summed E-state index contributed by atoms with van der Waals surface area (Å²) >= 11 is 0. The molecule has 1 aliphatic rings. The van der Waals surface area contributed by atoms with E-state index in [0.717, 1.165) is 38.4 Å². The minimum absolute atomic E-state index is 0. The normalized spacial score (nSPS) is 14.9. The number of nitrogens with zero attached hydrogens (tertiary/aromatic N) is 4. The van der Waals surface area contributed by atoms with Crippen molar-refractivity contribution in [3.05, 3.63) is 24.0 Å². The van der Waals surface area contributed by atoms with Gasteiger partial charge in [0.05, 0.1) is 0 Å². The van der Waals surface area contributed by atoms with Crippen LogP contribution in [0.1, 0.15) is 49.0 Å². The van der Waals surface area contributed by atoms with Crippen LogP contribution in [0.15, 0.2) is 24.0 Å². The third-order valence-corrected chi connectivity index (χ3v) is 4.31. The zero-order chi connectivity index (χ0) is 17.8. The molecule has 0 aromatic rings. The fraction of sp³-hybridized carbons (Fsp3) is 0.810. The molecule has 1 rings (SSSR count). The molecule has 152 valence electrons. The van der Waals surface area contributed by atoms with Crippen LogP contribution in [0.25, 0.3) is 0 Å². The largest absolute Gasteiger partial charge is 0.378 e. The molecule has 0 aliphatic carbocycles. The molecule has 0 saturated carbocycles. The standard InChI is InChI=1S/C17H34N4.C2H6.2CH4/c1-7-19(6)16(2)15-17(3)21-13-11-20(12-14-21)10-8-9-18(4)5;1-2;;/h15H,3,7-14H2,1-2,4-6H3;1-2H3;2*1H4/b16-15-;;;. The first kappa shape index (κ1) is 28.8. The highest BCUT2D eigenvalue weighted by molar-refractivity contribution is 5.18. The molecule has 0 spiro atoms. The Balaban J connectivity index is -0.00000116. The van der Waals surface area contributed by atoms with Gasteiger partial charge in [0.2, 0.25) is 0 Å². The van der Waals surface area contributed by atoms with Crippen molar-refractivity contribution < 1.29 is 0 Å². The zero-order valence-electron chi connectivity index (χ0n) is 16.7. The molecular weight excluding hydrogens is 308 g/mol. The monoisotopic (exact) mass is 356 g/mol. The molecule has 0 unspecified atom stereocenters. The Morgan fingerprint density at radius 2 is 1.56 bits per heavy atom. The molecule has 4 heteroatoms. The third-order valence-electron chi connectivity index (χ3n) is 4.31. The second-order valence-electron chi connectivity index (χ2n) is 6.28. The van der Waals surface area contributed by atoms with Crippen LogP contribution in [0, 0.1) is 0 Å². The fourth-order valence-corrected chi connectivity index (χ4v) is 2.56. The highest BCUT2D eigenvalue weighted by Crippen LogP contribution is 2.12. The van der Waals surface area contributed by atoms with Crippen molar-refractivity contribution in [1.29, 1.82) is 0 Å². The maximum Gasteiger partial charge on any atom is 0.0311 e. The van der Waals surface area contributed by atoms with Crippen molar-refractivity contribution in [2.24, 2.45) is 0 Å². The third kappa shape index (κ3) is 12.1. The lowest BCUT2D eigenvalue weighted by Crippen LogP contribution is -2.46. The summed E-state index contributed by atoms with van der Waals surface area (Å²) in [6, 6.07) is 0. The van der Waals surface area contributed by atoms with Crippen LogP contribution in [0.2, 0.25) is 0 Å². The molecule has 1 heterocycles. The summed E-state index contributed by atoms with van der Waals surface area (Å²) in [6.45, 7) is 20.5. The van der Waals surface area contributed by atoms with Crippen LogP contribution in [0.4, 0.5) is 0 Å². The fourth-order valence-electron chi connectivity index (χ4n) is 2.56. The van der Waals surface area contributed by atoms with E-state index in [4.69, 9.17) is 0 Å². The first-order valence-electron chi connectivity index (χ1n) is 9.14. The number of rotatable bonds is 8. The molecule has 0 N–H and O–H groups in total. The number of allylic oxidation sites excluding steroid dienone is 2. The minimum atomic E-state index is 0. The molecule has 4 nitrogen and oxygen atoms in total. The minimum Gasteiger partial charge on any atom is -0.378 e. The van der Waals surface area contributed by atoms with E-state index < -0.39 is 0 Å². The van der Waals surface area contributed by atoms with Gasteiger partial charge in [0, 0.05) is 51.2 Å². The smallest absolute Gasteiger partial charge is 0.0311 e. The first-order valence-corrected chi connectivity index (χ1v) is 9.14. The van der Waals surface area contributed by atoms with Crippen LogP contribution >= 0.6 is 0 Å². The zero-order valence-corrected chi connectivity index (χ0v) is 16.7. The van der Waals surface area contributed by atoms with E-state index in [1.807, 2.05) is 13.8 Å². The molecule has 1 aliphatic heterocycles. The molecule has 1 fully saturated rings. The van der Waals surface area contributed by atoms with Gasteiger partial charge in [-0.05, 0) is 53.5 Å². The Morgan fingerprint density at radius 3 is 2.00 bits per heavy atom. The van der Waals surface area contributed by atoms with Crippen molar-refractivity contribution in [1.82, 2.24) is 19.6 Å². The Kier molecular flexibility index (Phi) is 19.0. The van der Waals surface area contributed by atoms with E-state index in [-0.39, 0.29) is 14.9 Å². The Bertz CT molecular complexity index is 342. The second-order valence-corrected chi connectivity index (χ2v) is 6.28. The molecule has 0 radical (unpaired) electrons. The van der Waals surface area contributed by atoms with Gasteiger partial charge in [0.15, 0.2) is 0 Å². The van der Waals surface area contributed by atoms with Crippen molar-refractivity contribution in [2.75, 3.05) is 67.0 Å². The van der Waals surface area contributed by atoms with Crippen molar-refractivity contribution in [3.8, 4) is 0 Å². The van der Waals surface area contributed by atoms with E-state index in [1.165, 1.54) is 25.2 Å². The molecule has 0 atom stereocenters. The lowest BCUT2D eigenvalue weighted by atomic mass is 10.2. The van der Waals surface area contributed by atoms with E-state index >= 15 is 0 Å². The summed E-state index contributed by atoms with van der Waals surface area (Å²) < 4.78 is 0. The van der Waals surface area contributed by atoms with E-state index in [0.29, 0.717) is 0 Å². The van der Waals surface area contributed by atoms with Gasteiger partial charge in [0.25, 0.3) is 0 Å². The van der Waals surface area contributed by atoms with E-state index in [2.05, 4.69) is 67.2 Å². The lowest BCUT2D eigenvalue weighted by Gasteiger charge is -2.36. The quantitative estimate of drug-likeness (QED) is 0.604. The average Bonchev–Trinajstić information content (AvgIpc) is 2.56. The Morgan fingerprint density at radius 1 is 1.04 bits per heavy atom. The van der Waals surface area contributed by atoms with Gasteiger partial charge in [-0.15, -0.1) is 0 Å². The predicted octanol–water partition coefficient (Wildman–Crippen LogP) is 4.22. The number of piperazine rings is 1. The Labute approximate surface area is 160 Å². The second kappa shape index (κ2) is 16.5. The highest BCUT2D eigenvalue weighted by Gasteiger charge is 2.16. The molecule has 0 aromatic heterocycles. The summed E-state index contributed by atoms with van der Waals surface area (Å²) in [5.41, 5.74) is 2.44. The number of hydrogen-bond acceptors (Lipinski definition) is 4. The van der Waals surface area contributed by atoms with E-state index in [9.17, 15) is 0 Å². The summed E-state index contributed by atoms with van der Waals surface area (Å²) in [5.74, 6) is 0. The summed E-state index contributed by atoms with van der Waals surface area (Å²) in [4.78, 5) is 9.50. The summed E-state index contributed by atoms with van der Waals surface area (Å²) in [6.07, 6.45) is 3.47. The van der Waals surface area contributed by atoms with Gasteiger partial charge in [-0.25, -0.2) is 0 Å². The predicted molar refractivity (Wildman–Crippen MR) is 117 cm³/mol. The van der Waals surface area contributed by atoms with Gasteiger partial charge >= 0.3 is 0 Å². The molecule has 0 bridgehead atoms. The maximum atomic E-state index is 4.24. The summed E-state index contributed by atoms with van der Waals surface area (Å²) in [7, 11) is 6.41. The maximum absolute atomic E-state index is 4.24. The van der Waals surface area contributed by atoms with Gasteiger partial charge < -0.3 is 14.7 Å². The van der Waals surface area contributed by atoms with Gasteiger partial charge in [-0.2, -0.15) is 0 Å². The van der Waals surface area contributed by atoms with Crippen LogP contribution in [-0.4, -0.2) is 86.6 Å². The van der Waals surface area contributed by atoms with Gasteiger partial charge in [-0.3, -0.25) is 4.90 Å². The van der Waals surface area contributed by atoms with E-state index in [1.54, 1.807) is 0 Å². The van der Waals surface area contributed by atoms with Crippen molar-refractivity contribution in [3.63, 3.8) is 0 Å². The van der Waals surface area contributed by atoms with Crippen LogP contribution in [0.5, 0.6) is 0 Å². The SMILES string of the molecule is C.C.C=C(/C=C(/C)N(C)CC)N1CCN(CCCN(C)C)CC1.CC. The summed E-state index contributed by atoms with van der Waals surface area (Å²) in [5, 5.41) is 0. The molecular formula is C21H48N4. The topological polar surface area (TPSA) is 13.0 Å². The molecule has 0 aromatic carbocycles. The average molecular weight is 357 g/mol. The molecule has 0 amide bonds. The van der Waals surface area contributed by atoms with Crippen LogP contribution in [-0.2, 0) is 0 Å². The molecule has 25 heavy (non-hydrogen) atoms. The van der Waals surface area contributed by atoms with Crippen LogP contribution < -0.4 is 0 Å². The number of hydrogen-bond donors (Lipinski definition) is 0. The Hall–Kier alpha value is -1.00. The van der Waals surface area contributed by atoms with Crippen molar-refractivity contribution >= 4 is 0 Å². The first-order chi connectivity index (χ1) is 10.9. The van der Waals surface area contributed by atoms with Gasteiger partial charge in [-0.1, -0.05) is 35.3 Å². The lowest BCUT2D eigenvalue weighted by molar-refractivity contribution is 0.157. The molecule has 1 saturated heterocycles. The van der Waals surface area contributed by atoms with Crippen LogP contribution in [0.3, 0.4) is 0 Å². The highest BCUT2D eigenvalue weighted by atomic mass is 15.3. The van der Waals surface area contributed by atoms with Gasteiger partial charge in [0.1, 0.15) is 0 Å². The van der Waals surface area contributed by atoms with Crippen molar-refractivity contribution in [2.45, 2.75) is 49.0 Å².